The minimum Gasteiger partial charge on any atom is -0.374 e. The summed E-state index contributed by atoms with van der Waals surface area (Å²) < 4.78 is 5.32. The number of amides is 1. The van der Waals surface area contributed by atoms with Crippen LogP contribution < -0.4 is 10.2 Å². The van der Waals surface area contributed by atoms with E-state index in [1.165, 1.54) is 0 Å². The van der Waals surface area contributed by atoms with Crippen LogP contribution >= 0.6 is 0 Å². The number of nitrogens with zero attached hydrogens (tertiary/aromatic N) is 3. The van der Waals surface area contributed by atoms with Crippen molar-refractivity contribution in [1.29, 1.82) is 0 Å². The molecule has 1 aliphatic heterocycles. The summed E-state index contributed by atoms with van der Waals surface area (Å²) in [7, 11) is 0. The molecule has 0 spiro atoms. The lowest BCUT2D eigenvalue weighted by Crippen LogP contribution is -2.23. The summed E-state index contributed by atoms with van der Waals surface area (Å²) in [6.07, 6.45) is 1.56. The van der Waals surface area contributed by atoms with Crippen LogP contribution in [0.2, 0.25) is 0 Å². The molecule has 6 heteroatoms. The van der Waals surface area contributed by atoms with Gasteiger partial charge in [-0.25, -0.2) is 0 Å². The first-order chi connectivity index (χ1) is 11.0. The fourth-order valence-corrected chi connectivity index (χ4v) is 2.65. The van der Waals surface area contributed by atoms with Gasteiger partial charge in [0.25, 0.3) is 0 Å². The number of rotatable bonds is 5. The fourth-order valence-electron chi connectivity index (χ4n) is 2.65. The number of benzene rings is 1. The first-order valence-electron chi connectivity index (χ1n) is 8.05. The minimum absolute atomic E-state index is 0.0977. The van der Waals surface area contributed by atoms with E-state index in [1.807, 2.05) is 49.9 Å². The number of hydrogen-bond acceptors (Lipinski definition) is 5. The van der Waals surface area contributed by atoms with Crippen molar-refractivity contribution in [2.24, 2.45) is 0 Å². The Hall–Kier alpha value is -2.37. The summed E-state index contributed by atoms with van der Waals surface area (Å²) in [6, 6.07) is 7.77. The maximum Gasteiger partial charge on any atom is 0.248 e. The number of anilines is 2. The predicted octanol–water partition coefficient (Wildman–Crippen LogP) is 3.49. The molecular weight excluding hydrogens is 292 g/mol. The van der Waals surface area contributed by atoms with Crippen LogP contribution in [0, 0.1) is 0 Å². The Morgan fingerprint density at radius 1 is 1.30 bits per heavy atom. The zero-order chi connectivity index (χ0) is 16.4. The van der Waals surface area contributed by atoms with Crippen molar-refractivity contribution in [3.8, 4) is 0 Å². The molecule has 0 saturated carbocycles. The number of carbonyl (C=O) groups excluding carboxylic acids is 1. The molecule has 0 aliphatic carbocycles. The first-order valence-corrected chi connectivity index (χ1v) is 8.05. The van der Waals surface area contributed by atoms with Crippen LogP contribution in [0.4, 0.5) is 11.4 Å². The lowest BCUT2D eigenvalue weighted by molar-refractivity contribution is -0.117. The van der Waals surface area contributed by atoms with Crippen LogP contribution in [0.3, 0.4) is 0 Å². The SMILES string of the molecule is CC(C)c1noc([C@@H](C)Nc2cccc(N3CCCC3=O)c2)n1. The van der Waals surface area contributed by atoms with E-state index in [0.29, 0.717) is 18.1 Å². The quantitative estimate of drug-likeness (QED) is 0.914. The maximum absolute atomic E-state index is 11.9. The molecule has 2 heterocycles. The Morgan fingerprint density at radius 2 is 2.13 bits per heavy atom. The molecule has 122 valence electrons. The summed E-state index contributed by atoms with van der Waals surface area (Å²) in [6.45, 7) is 6.83. The molecule has 1 atom stereocenters. The van der Waals surface area contributed by atoms with Gasteiger partial charge < -0.3 is 14.7 Å². The molecule has 0 radical (unpaired) electrons. The topological polar surface area (TPSA) is 71.3 Å². The van der Waals surface area contributed by atoms with E-state index in [-0.39, 0.29) is 17.9 Å². The van der Waals surface area contributed by atoms with Crippen molar-refractivity contribution >= 4 is 17.3 Å². The lowest BCUT2D eigenvalue weighted by Gasteiger charge is -2.18. The molecule has 1 aliphatic rings. The zero-order valence-electron chi connectivity index (χ0n) is 13.7. The standard InChI is InChI=1S/C17H22N4O2/c1-11(2)16-19-17(23-20-16)12(3)18-13-6-4-7-14(10-13)21-9-5-8-15(21)22/h4,6-7,10-12,18H,5,8-9H2,1-3H3/t12-/m1/s1. The van der Waals surface area contributed by atoms with Gasteiger partial charge >= 0.3 is 0 Å². The molecule has 3 rings (SSSR count). The lowest BCUT2D eigenvalue weighted by atomic mass is 10.2. The Morgan fingerprint density at radius 3 is 2.78 bits per heavy atom. The van der Waals surface area contributed by atoms with Gasteiger partial charge in [-0.1, -0.05) is 25.1 Å². The Balaban J connectivity index is 1.73. The molecule has 6 nitrogen and oxygen atoms in total. The van der Waals surface area contributed by atoms with Crippen LogP contribution in [-0.2, 0) is 4.79 Å². The van der Waals surface area contributed by atoms with E-state index >= 15 is 0 Å². The average molecular weight is 314 g/mol. The van der Waals surface area contributed by atoms with Gasteiger partial charge in [-0.15, -0.1) is 0 Å². The van der Waals surface area contributed by atoms with Gasteiger partial charge in [-0.05, 0) is 31.5 Å². The van der Waals surface area contributed by atoms with Crippen molar-refractivity contribution < 1.29 is 9.32 Å². The molecule has 1 N–H and O–H groups in total. The molecule has 1 saturated heterocycles. The fraction of sp³-hybridized carbons (Fsp3) is 0.471. The maximum atomic E-state index is 11.9. The summed E-state index contributed by atoms with van der Waals surface area (Å²) >= 11 is 0. The first kappa shape index (κ1) is 15.5. The van der Waals surface area contributed by atoms with Crippen LogP contribution in [0.5, 0.6) is 0 Å². The summed E-state index contributed by atoms with van der Waals surface area (Å²) in [4.78, 5) is 18.1. The highest BCUT2D eigenvalue weighted by molar-refractivity contribution is 5.95. The second kappa shape index (κ2) is 6.40. The van der Waals surface area contributed by atoms with Crippen molar-refractivity contribution in [3.05, 3.63) is 36.0 Å². The molecule has 0 bridgehead atoms. The van der Waals surface area contributed by atoms with Gasteiger partial charge in [0.05, 0.1) is 0 Å². The number of hydrogen-bond donors (Lipinski definition) is 1. The van der Waals surface area contributed by atoms with Crippen LogP contribution in [0.25, 0.3) is 0 Å². The summed E-state index contributed by atoms with van der Waals surface area (Å²) in [5.74, 6) is 1.71. The van der Waals surface area contributed by atoms with Crippen LogP contribution in [0.15, 0.2) is 28.8 Å². The molecule has 1 fully saturated rings. The Bertz CT molecular complexity index is 695. The van der Waals surface area contributed by atoms with Crippen LogP contribution in [-0.4, -0.2) is 22.6 Å². The molecule has 2 aromatic rings. The van der Waals surface area contributed by atoms with Gasteiger partial charge in [0.2, 0.25) is 11.8 Å². The van der Waals surface area contributed by atoms with Gasteiger partial charge in [-0.3, -0.25) is 4.79 Å². The minimum atomic E-state index is -0.0977. The van der Waals surface area contributed by atoms with Gasteiger partial charge in [-0.2, -0.15) is 4.98 Å². The second-order valence-corrected chi connectivity index (χ2v) is 6.21. The number of aromatic nitrogens is 2. The molecule has 0 unspecified atom stereocenters. The summed E-state index contributed by atoms with van der Waals surface area (Å²) in [5, 5.41) is 7.34. The largest absolute Gasteiger partial charge is 0.374 e. The van der Waals surface area contributed by atoms with E-state index in [9.17, 15) is 4.79 Å². The van der Waals surface area contributed by atoms with Crippen molar-refractivity contribution in [2.75, 3.05) is 16.8 Å². The molecule has 1 aromatic carbocycles. The van der Waals surface area contributed by atoms with E-state index in [1.54, 1.807) is 0 Å². The van der Waals surface area contributed by atoms with Gasteiger partial charge in [0.1, 0.15) is 6.04 Å². The Labute approximate surface area is 135 Å². The van der Waals surface area contributed by atoms with Gasteiger partial charge in [0, 0.05) is 30.3 Å². The van der Waals surface area contributed by atoms with Crippen LogP contribution in [0.1, 0.15) is 57.3 Å². The molecule has 1 aromatic heterocycles. The van der Waals surface area contributed by atoms with Gasteiger partial charge in [0.15, 0.2) is 5.82 Å². The van der Waals surface area contributed by atoms with Crippen molar-refractivity contribution in [2.45, 2.75) is 45.6 Å². The third-order valence-electron chi connectivity index (χ3n) is 3.96. The van der Waals surface area contributed by atoms with E-state index in [2.05, 4.69) is 15.5 Å². The third kappa shape index (κ3) is 3.36. The highest BCUT2D eigenvalue weighted by Crippen LogP contribution is 2.26. The summed E-state index contributed by atoms with van der Waals surface area (Å²) in [5.41, 5.74) is 1.86. The number of nitrogens with one attached hydrogen (secondary N) is 1. The highest BCUT2D eigenvalue weighted by atomic mass is 16.5. The van der Waals surface area contributed by atoms with Crippen molar-refractivity contribution in [3.63, 3.8) is 0 Å². The monoisotopic (exact) mass is 314 g/mol. The van der Waals surface area contributed by atoms with E-state index < -0.39 is 0 Å². The van der Waals surface area contributed by atoms with Crippen molar-refractivity contribution in [1.82, 2.24) is 10.1 Å². The predicted molar refractivity (Wildman–Crippen MR) is 88.5 cm³/mol. The average Bonchev–Trinajstić information content (AvgIpc) is 3.16. The second-order valence-electron chi connectivity index (χ2n) is 6.21. The molecular formula is C17H22N4O2. The normalized spacial score (nSPS) is 16.2. The number of carbonyl (C=O) groups is 1. The third-order valence-corrected chi connectivity index (χ3v) is 3.96. The Kier molecular flexibility index (Phi) is 4.32. The van der Waals surface area contributed by atoms with E-state index in [4.69, 9.17) is 4.52 Å². The highest BCUT2D eigenvalue weighted by Gasteiger charge is 2.22. The smallest absolute Gasteiger partial charge is 0.248 e. The van der Waals surface area contributed by atoms with E-state index in [0.717, 1.165) is 24.3 Å². The zero-order valence-corrected chi connectivity index (χ0v) is 13.7. The molecule has 1 amide bonds. The molecule has 23 heavy (non-hydrogen) atoms.